The highest BCUT2D eigenvalue weighted by atomic mass is 16.5. The Bertz CT molecular complexity index is 362. The van der Waals surface area contributed by atoms with E-state index in [9.17, 15) is 0 Å². The predicted molar refractivity (Wildman–Crippen MR) is 68.2 cm³/mol. The molecular weight excluding hydrogens is 230 g/mol. The minimum atomic E-state index is 0.0214. The fraction of sp³-hybridized carbons (Fsp3) is 0.846. The summed E-state index contributed by atoms with van der Waals surface area (Å²) in [5, 5.41) is 4.07. The molecule has 1 fully saturated rings. The molecule has 0 radical (unpaired) electrons. The van der Waals surface area contributed by atoms with Gasteiger partial charge in [0.1, 0.15) is 0 Å². The third kappa shape index (κ3) is 3.09. The molecule has 0 bridgehead atoms. The first kappa shape index (κ1) is 13.5. The van der Waals surface area contributed by atoms with Crippen LogP contribution in [0.15, 0.2) is 4.52 Å². The summed E-state index contributed by atoms with van der Waals surface area (Å²) in [7, 11) is 0. The minimum Gasteiger partial charge on any atom is -0.381 e. The molecule has 3 unspecified atom stereocenters. The van der Waals surface area contributed by atoms with Gasteiger partial charge in [0.15, 0.2) is 5.82 Å². The standard InChI is InChI=1S/C13H23N3O2/c1-8(2)12(9(3)14)13-15-11(16-18-13)6-10-4-5-17-7-10/h8-10,12H,4-7,14H2,1-3H3. The van der Waals surface area contributed by atoms with Gasteiger partial charge in [-0.3, -0.25) is 0 Å². The lowest BCUT2D eigenvalue weighted by Gasteiger charge is -2.20. The second-order valence-corrected chi connectivity index (χ2v) is 5.61. The molecule has 102 valence electrons. The predicted octanol–water partition coefficient (Wildman–Crippen LogP) is 1.74. The third-order valence-corrected chi connectivity index (χ3v) is 3.55. The molecule has 5 nitrogen and oxygen atoms in total. The topological polar surface area (TPSA) is 74.2 Å². The van der Waals surface area contributed by atoms with Gasteiger partial charge in [0.05, 0.1) is 5.92 Å². The van der Waals surface area contributed by atoms with E-state index >= 15 is 0 Å². The van der Waals surface area contributed by atoms with Crippen LogP contribution in [0.4, 0.5) is 0 Å². The summed E-state index contributed by atoms with van der Waals surface area (Å²) in [5.41, 5.74) is 5.99. The van der Waals surface area contributed by atoms with Crippen molar-refractivity contribution in [3.63, 3.8) is 0 Å². The molecule has 2 rings (SSSR count). The molecule has 1 aromatic heterocycles. The first-order valence-electron chi connectivity index (χ1n) is 6.73. The molecule has 0 aliphatic carbocycles. The Labute approximate surface area is 108 Å². The van der Waals surface area contributed by atoms with Crippen LogP contribution in [-0.4, -0.2) is 29.4 Å². The van der Waals surface area contributed by atoms with Crippen LogP contribution in [0.5, 0.6) is 0 Å². The van der Waals surface area contributed by atoms with E-state index in [2.05, 4.69) is 24.0 Å². The van der Waals surface area contributed by atoms with Crippen LogP contribution in [0.25, 0.3) is 0 Å². The Balaban J connectivity index is 2.03. The van der Waals surface area contributed by atoms with Crippen molar-refractivity contribution >= 4 is 0 Å². The Morgan fingerprint density at radius 2 is 2.17 bits per heavy atom. The van der Waals surface area contributed by atoms with Crippen LogP contribution in [0.1, 0.15) is 44.8 Å². The van der Waals surface area contributed by atoms with Gasteiger partial charge < -0.3 is 15.0 Å². The van der Waals surface area contributed by atoms with Crippen LogP contribution in [0, 0.1) is 11.8 Å². The maximum atomic E-state index is 5.99. The highest BCUT2D eigenvalue weighted by Crippen LogP contribution is 2.26. The lowest BCUT2D eigenvalue weighted by molar-refractivity contribution is 0.185. The van der Waals surface area contributed by atoms with Crippen molar-refractivity contribution in [1.82, 2.24) is 10.1 Å². The fourth-order valence-corrected chi connectivity index (χ4v) is 2.61. The van der Waals surface area contributed by atoms with E-state index in [-0.39, 0.29) is 12.0 Å². The normalized spacial score (nSPS) is 23.5. The van der Waals surface area contributed by atoms with Crippen molar-refractivity contribution in [2.24, 2.45) is 17.6 Å². The molecular formula is C13H23N3O2. The maximum Gasteiger partial charge on any atom is 0.231 e. The number of hydrogen-bond acceptors (Lipinski definition) is 5. The van der Waals surface area contributed by atoms with Gasteiger partial charge in [-0.25, -0.2) is 0 Å². The summed E-state index contributed by atoms with van der Waals surface area (Å²) in [6.07, 6.45) is 1.93. The quantitative estimate of drug-likeness (QED) is 0.865. The molecule has 5 heteroatoms. The van der Waals surface area contributed by atoms with Crippen LogP contribution < -0.4 is 5.73 Å². The van der Waals surface area contributed by atoms with E-state index in [0.29, 0.717) is 17.7 Å². The van der Waals surface area contributed by atoms with Gasteiger partial charge in [0, 0.05) is 25.7 Å². The lowest BCUT2D eigenvalue weighted by Crippen LogP contribution is -2.28. The zero-order chi connectivity index (χ0) is 13.1. The summed E-state index contributed by atoms with van der Waals surface area (Å²) in [6, 6.07) is 0.0214. The first-order valence-corrected chi connectivity index (χ1v) is 6.73. The number of rotatable bonds is 5. The Morgan fingerprint density at radius 3 is 2.72 bits per heavy atom. The number of hydrogen-bond donors (Lipinski definition) is 1. The van der Waals surface area contributed by atoms with E-state index in [0.717, 1.165) is 31.9 Å². The van der Waals surface area contributed by atoms with Crippen LogP contribution in [0.2, 0.25) is 0 Å². The molecule has 1 saturated heterocycles. The molecule has 3 atom stereocenters. The maximum absolute atomic E-state index is 5.99. The molecule has 1 aliphatic rings. The summed E-state index contributed by atoms with van der Waals surface area (Å²) in [4.78, 5) is 4.50. The molecule has 0 aromatic carbocycles. The molecule has 0 saturated carbocycles. The first-order chi connectivity index (χ1) is 8.58. The van der Waals surface area contributed by atoms with Gasteiger partial charge >= 0.3 is 0 Å². The molecule has 2 N–H and O–H groups in total. The van der Waals surface area contributed by atoms with Gasteiger partial charge in [-0.2, -0.15) is 4.98 Å². The summed E-state index contributed by atoms with van der Waals surface area (Å²) < 4.78 is 10.7. The fourth-order valence-electron chi connectivity index (χ4n) is 2.61. The van der Waals surface area contributed by atoms with E-state index in [1.807, 2.05) is 6.92 Å². The van der Waals surface area contributed by atoms with Crippen LogP contribution in [0.3, 0.4) is 0 Å². The molecule has 1 aromatic rings. The Morgan fingerprint density at radius 1 is 1.39 bits per heavy atom. The lowest BCUT2D eigenvalue weighted by atomic mass is 9.90. The van der Waals surface area contributed by atoms with E-state index in [1.165, 1.54) is 0 Å². The number of nitrogens with two attached hydrogens (primary N) is 1. The number of aromatic nitrogens is 2. The molecule has 18 heavy (non-hydrogen) atoms. The second-order valence-electron chi connectivity index (χ2n) is 5.61. The van der Waals surface area contributed by atoms with E-state index < -0.39 is 0 Å². The van der Waals surface area contributed by atoms with Crippen molar-refractivity contribution in [3.8, 4) is 0 Å². The van der Waals surface area contributed by atoms with Crippen LogP contribution >= 0.6 is 0 Å². The third-order valence-electron chi connectivity index (χ3n) is 3.55. The summed E-state index contributed by atoms with van der Waals surface area (Å²) >= 11 is 0. The summed E-state index contributed by atoms with van der Waals surface area (Å²) in [5.74, 6) is 2.52. The van der Waals surface area contributed by atoms with E-state index in [4.69, 9.17) is 15.0 Å². The van der Waals surface area contributed by atoms with Crippen molar-refractivity contribution in [1.29, 1.82) is 0 Å². The van der Waals surface area contributed by atoms with Crippen LogP contribution in [-0.2, 0) is 11.2 Å². The highest BCUT2D eigenvalue weighted by molar-refractivity contribution is 5.00. The van der Waals surface area contributed by atoms with E-state index in [1.54, 1.807) is 0 Å². The molecule has 2 heterocycles. The number of nitrogens with zero attached hydrogens (tertiary/aromatic N) is 2. The summed E-state index contributed by atoms with van der Waals surface area (Å²) in [6.45, 7) is 7.90. The zero-order valence-electron chi connectivity index (χ0n) is 11.4. The Hall–Kier alpha value is -0.940. The number of ether oxygens (including phenoxy) is 1. The van der Waals surface area contributed by atoms with Crippen molar-refractivity contribution in [2.45, 2.75) is 45.6 Å². The molecule has 0 amide bonds. The smallest absolute Gasteiger partial charge is 0.231 e. The molecule has 0 spiro atoms. The van der Waals surface area contributed by atoms with Gasteiger partial charge in [-0.05, 0) is 25.2 Å². The van der Waals surface area contributed by atoms with Gasteiger partial charge in [-0.1, -0.05) is 19.0 Å². The van der Waals surface area contributed by atoms with Gasteiger partial charge in [0.25, 0.3) is 0 Å². The largest absolute Gasteiger partial charge is 0.381 e. The minimum absolute atomic E-state index is 0.0214. The highest BCUT2D eigenvalue weighted by Gasteiger charge is 2.27. The van der Waals surface area contributed by atoms with Crippen molar-refractivity contribution in [3.05, 3.63) is 11.7 Å². The van der Waals surface area contributed by atoms with Crippen molar-refractivity contribution in [2.75, 3.05) is 13.2 Å². The van der Waals surface area contributed by atoms with Gasteiger partial charge in [-0.15, -0.1) is 0 Å². The average Bonchev–Trinajstić information content (AvgIpc) is 2.90. The zero-order valence-corrected chi connectivity index (χ0v) is 11.4. The van der Waals surface area contributed by atoms with Crippen molar-refractivity contribution < 1.29 is 9.26 Å². The second kappa shape index (κ2) is 5.80. The van der Waals surface area contributed by atoms with Gasteiger partial charge in [0.2, 0.25) is 5.89 Å². The SMILES string of the molecule is CC(C)C(c1nc(CC2CCOC2)no1)C(C)N. The average molecular weight is 253 g/mol. The monoisotopic (exact) mass is 253 g/mol. The Kier molecular flexibility index (Phi) is 4.35. The molecule has 1 aliphatic heterocycles.